The van der Waals surface area contributed by atoms with E-state index < -0.39 is 0 Å². The molecule has 1 rings (SSSR count). The maximum absolute atomic E-state index is 5.83. The van der Waals surface area contributed by atoms with E-state index in [4.69, 9.17) is 21.1 Å². The SMILES string of the molecule is CCOc1ccc(CC(C)CCl)cc1OCC. The molecule has 0 aliphatic carbocycles. The molecule has 0 aliphatic rings. The molecule has 2 nitrogen and oxygen atoms in total. The largest absolute Gasteiger partial charge is 0.490 e. The Labute approximate surface area is 109 Å². The summed E-state index contributed by atoms with van der Waals surface area (Å²) in [6.45, 7) is 7.39. The van der Waals surface area contributed by atoms with Crippen LogP contribution >= 0.6 is 11.6 Å². The molecule has 0 fully saturated rings. The molecular formula is C14H21ClO2. The first-order chi connectivity index (χ1) is 8.21. The van der Waals surface area contributed by atoms with Crippen molar-refractivity contribution in [2.75, 3.05) is 19.1 Å². The highest BCUT2D eigenvalue weighted by molar-refractivity contribution is 6.18. The normalized spacial score (nSPS) is 12.2. The third kappa shape index (κ3) is 4.47. The molecule has 0 radical (unpaired) electrons. The van der Waals surface area contributed by atoms with Gasteiger partial charge in [-0.2, -0.15) is 0 Å². The molecule has 1 aromatic rings. The fourth-order valence-electron chi connectivity index (χ4n) is 1.68. The Kier molecular flexibility index (Phi) is 6.20. The maximum Gasteiger partial charge on any atom is 0.161 e. The molecule has 0 spiro atoms. The van der Waals surface area contributed by atoms with Crippen LogP contribution in [0.5, 0.6) is 11.5 Å². The van der Waals surface area contributed by atoms with Crippen molar-refractivity contribution in [1.29, 1.82) is 0 Å². The predicted molar refractivity (Wildman–Crippen MR) is 72.4 cm³/mol. The van der Waals surface area contributed by atoms with Crippen molar-refractivity contribution in [3.05, 3.63) is 23.8 Å². The Hall–Kier alpha value is -0.890. The summed E-state index contributed by atoms with van der Waals surface area (Å²) in [6.07, 6.45) is 0.968. The Bertz CT molecular complexity index is 339. The summed E-state index contributed by atoms with van der Waals surface area (Å²) in [7, 11) is 0. The van der Waals surface area contributed by atoms with Crippen LogP contribution in [0, 0.1) is 5.92 Å². The Morgan fingerprint density at radius 3 is 2.35 bits per heavy atom. The predicted octanol–water partition coefficient (Wildman–Crippen LogP) is 3.90. The van der Waals surface area contributed by atoms with Crippen LogP contribution in [0.3, 0.4) is 0 Å². The zero-order chi connectivity index (χ0) is 12.7. The van der Waals surface area contributed by atoms with Gasteiger partial charge in [-0.25, -0.2) is 0 Å². The first kappa shape index (κ1) is 14.2. The summed E-state index contributed by atoms with van der Waals surface area (Å²) >= 11 is 5.83. The molecule has 0 heterocycles. The number of hydrogen-bond acceptors (Lipinski definition) is 2. The van der Waals surface area contributed by atoms with Crippen molar-refractivity contribution >= 4 is 11.6 Å². The summed E-state index contributed by atoms with van der Waals surface area (Å²) in [5.74, 6) is 2.80. The quantitative estimate of drug-likeness (QED) is 0.689. The van der Waals surface area contributed by atoms with Gasteiger partial charge in [-0.15, -0.1) is 11.6 Å². The minimum absolute atomic E-state index is 0.476. The van der Waals surface area contributed by atoms with Gasteiger partial charge in [0.1, 0.15) is 0 Å². The van der Waals surface area contributed by atoms with Gasteiger partial charge in [0.05, 0.1) is 13.2 Å². The van der Waals surface area contributed by atoms with E-state index >= 15 is 0 Å². The van der Waals surface area contributed by atoms with Gasteiger partial charge in [0.2, 0.25) is 0 Å². The van der Waals surface area contributed by atoms with Crippen LogP contribution in [0.25, 0.3) is 0 Å². The molecule has 0 aliphatic heterocycles. The van der Waals surface area contributed by atoms with Gasteiger partial charge in [-0.1, -0.05) is 13.0 Å². The van der Waals surface area contributed by atoms with Gasteiger partial charge in [-0.3, -0.25) is 0 Å². The van der Waals surface area contributed by atoms with Crippen molar-refractivity contribution in [3.8, 4) is 11.5 Å². The van der Waals surface area contributed by atoms with Crippen molar-refractivity contribution in [1.82, 2.24) is 0 Å². The second-order valence-corrected chi connectivity index (χ2v) is 4.42. The molecule has 96 valence electrons. The standard InChI is InChI=1S/C14H21ClO2/c1-4-16-13-7-6-12(8-11(3)10-15)9-14(13)17-5-2/h6-7,9,11H,4-5,8,10H2,1-3H3. The molecule has 0 saturated heterocycles. The molecule has 1 aromatic carbocycles. The molecule has 0 aromatic heterocycles. The van der Waals surface area contributed by atoms with Crippen LogP contribution in [0.2, 0.25) is 0 Å². The molecule has 0 N–H and O–H groups in total. The number of rotatable bonds is 7. The molecule has 1 atom stereocenters. The Morgan fingerprint density at radius 2 is 1.76 bits per heavy atom. The van der Waals surface area contributed by atoms with E-state index in [1.807, 2.05) is 19.9 Å². The minimum Gasteiger partial charge on any atom is -0.490 e. The van der Waals surface area contributed by atoms with E-state index in [1.54, 1.807) is 0 Å². The summed E-state index contributed by atoms with van der Waals surface area (Å²) in [6, 6.07) is 6.11. The molecule has 17 heavy (non-hydrogen) atoms. The molecule has 0 bridgehead atoms. The first-order valence-corrected chi connectivity index (χ1v) is 6.69. The maximum atomic E-state index is 5.83. The molecule has 1 unspecified atom stereocenters. The van der Waals surface area contributed by atoms with Crippen LogP contribution in [-0.2, 0) is 6.42 Å². The zero-order valence-corrected chi connectivity index (χ0v) is 11.6. The molecule has 3 heteroatoms. The van der Waals surface area contributed by atoms with Crippen LogP contribution in [0.15, 0.2) is 18.2 Å². The summed E-state index contributed by atoms with van der Waals surface area (Å²) < 4.78 is 11.1. The van der Waals surface area contributed by atoms with E-state index in [0.717, 1.165) is 17.9 Å². The highest BCUT2D eigenvalue weighted by Gasteiger charge is 2.08. The average Bonchev–Trinajstić information content (AvgIpc) is 2.33. The summed E-state index contributed by atoms with van der Waals surface area (Å²) in [4.78, 5) is 0. The van der Waals surface area contributed by atoms with E-state index in [0.29, 0.717) is 25.0 Å². The summed E-state index contributed by atoms with van der Waals surface area (Å²) in [5.41, 5.74) is 1.24. The third-order valence-corrected chi connectivity index (χ3v) is 2.98. The number of ether oxygens (including phenoxy) is 2. The van der Waals surface area contributed by atoms with E-state index in [2.05, 4.69) is 19.1 Å². The average molecular weight is 257 g/mol. The van der Waals surface area contributed by atoms with Crippen LogP contribution < -0.4 is 9.47 Å². The number of hydrogen-bond donors (Lipinski definition) is 0. The fourth-order valence-corrected chi connectivity index (χ4v) is 1.79. The lowest BCUT2D eigenvalue weighted by Gasteiger charge is -2.13. The highest BCUT2D eigenvalue weighted by atomic mass is 35.5. The fraction of sp³-hybridized carbons (Fsp3) is 0.571. The van der Waals surface area contributed by atoms with E-state index in [-0.39, 0.29) is 0 Å². The molecule has 0 saturated carbocycles. The van der Waals surface area contributed by atoms with E-state index in [1.165, 1.54) is 5.56 Å². The van der Waals surface area contributed by atoms with Gasteiger partial charge in [0, 0.05) is 5.88 Å². The lowest BCUT2D eigenvalue weighted by Crippen LogP contribution is -2.03. The van der Waals surface area contributed by atoms with Crippen molar-refractivity contribution in [2.24, 2.45) is 5.92 Å². The first-order valence-electron chi connectivity index (χ1n) is 6.15. The van der Waals surface area contributed by atoms with Crippen LogP contribution in [0.1, 0.15) is 26.3 Å². The number of halogens is 1. The monoisotopic (exact) mass is 256 g/mol. The van der Waals surface area contributed by atoms with Crippen molar-refractivity contribution in [2.45, 2.75) is 27.2 Å². The Morgan fingerprint density at radius 1 is 1.12 bits per heavy atom. The lowest BCUT2D eigenvalue weighted by atomic mass is 10.0. The molecule has 0 amide bonds. The Balaban J connectivity index is 2.84. The van der Waals surface area contributed by atoms with Gasteiger partial charge in [0.15, 0.2) is 11.5 Å². The van der Waals surface area contributed by atoms with E-state index in [9.17, 15) is 0 Å². The van der Waals surface area contributed by atoms with Gasteiger partial charge < -0.3 is 9.47 Å². The van der Waals surface area contributed by atoms with Gasteiger partial charge in [-0.05, 0) is 43.9 Å². The topological polar surface area (TPSA) is 18.5 Å². The summed E-state index contributed by atoms with van der Waals surface area (Å²) in [5, 5.41) is 0. The smallest absolute Gasteiger partial charge is 0.161 e. The third-order valence-electron chi connectivity index (χ3n) is 2.46. The number of alkyl halides is 1. The van der Waals surface area contributed by atoms with Crippen LogP contribution in [-0.4, -0.2) is 19.1 Å². The minimum atomic E-state index is 0.476. The van der Waals surface area contributed by atoms with Gasteiger partial charge in [0.25, 0.3) is 0 Å². The second-order valence-electron chi connectivity index (χ2n) is 4.11. The lowest BCUT2D eigenvalue weighted by molar-refractivity contribution is 0.287. The molecular weight excluding hydrogens is 236 g/mol. The number of benzene rings is 1. The van der Waals surface area contributed by atoms with Crippen molar-refractivity contribution in [3.63, 3.8) is 0 Å². The zero-order valence-electron chi connectivity index (χ0n) is 10.8. The van der Waals surface area contributed by atoms with Gasteiger partial charge >= 0.3 is 0 Å². The highest BCUT2D eigenvalue weighted by Crippen LogP contribution is 2.29. The second kappa shape index (κ2) is 7.44. The van der Waals surface area contributed by atoms with Crippen molar-refractivity contribution < 1.29 is 9.47 Å². The van der Waals surface area contributed by atoms with Crippen LogP contribution in [0.4, 0.5) is 0 Å².